The molecule has 0 aliphatic carbocycles. The van der Waals surface area contributed by atoms with Crippen LogP contribution in [-0.4, -0.2) is 59.1 Å². The summed E-state index contributed by atoms with van der Waals surface area (Å²) in [5.74, 6) is -1.48. The van der Waals surface area contributed by atoms with Crippen molar-refractivity contribution >= 4 is 17.5 Å². The fourth-order valence-electron chi connectivity index (χ4n) is 2.19. The van der Waals surface area contributed by atoms with Crippen molar-refractivity contribution in [3.63, 3.8) is 0 Å². The SMILES string of the molecule is COC(C)(CCC(CNC(=O)COc1ccc(Cl)cc1)(OC)OC)OC. The number of nitrogens with one attached hydrogen (secondary N) is 1. The van der Waals surface area contributed by atoms with E-state index in [1.807, 2.05) is 6.92 Å². The number of benzene rings is 1. The Kier molecular flexibility index (Phi) is 9.32. The maximum absolute atomic E-state index is 12.1. The Balaban J connectivity index is 2.52. The largest absolute Gasteiger partial charge is 0.484 e. The minimum absolute atomic E-state index is 0.126. The number of rotatable bonds is 12. The van der Waals surface area contributed by atoms with E-state index < -0.39 is 11.6 Å². The van der Waals surface area contributed by atoms with Crippen molar-refractivity contribution in [3.05, 3.63) is 29.3 Å². The lowest BCUT2D eigenvalue weighted by molar-refractivity contribution is -0.240. The van der Waals surface area contributed by atoms with Crippen molar-refractivity contribution < 1.29 is 28.5 Å². The van der Waals surface area contributed by atoms with E-state index in [0.29, 0.717) is 23.6 Å². The molecule has 148 valence electrons. The third-order valence-corrected chi connectivity index (χ3v) is 4.56. The second-order valence-corrected chi connectivity index (χ2v) is 6.32. The Labute approximate surface area is 159 Å². The van der Waals surface area contributed by atoms with E-state index in [9.17, 15) is 4.79 Å². The first-order valence-corrected chi connectivity index (χ1v) is 8.55. The first-order chi connectivity index (χ1) is 12.3. The molecule has 0 atom stereocenters. The Morgan fingerprint density at radius 3 is 2.08 bits per heavy atom. The predicted molar refractivity (Wildman–Crippen MR) is 98.4 cm³/mol. The van der Waals surface area contributed by atoms with Crippen LogP contribution in [0.1, 0.15) is 19.8 Å². The standard InChI is InChI=1S/C18H28ClNO6/c1-17(22-2,23-3)10-11-18(24-4,25-5)13-20-16(21)12-26-15-8-6-14(19)7-9-15/h6-9H,10-13H2,1-5H3,(H,20,21). The van der Waals surface area contributed by atoms with Gasteiger partial charge in [-0.1, -0.05) is 11.6 Å². The highest BCUT2D eigenvalue weighted by atomic mass is 35.5. The van der Waals surface area contributed by atoms with Crippen LogP contribution in [-0.2, 0) is 23.7 Å². The van der Waals surface area contributed by atoms with Gasteiger partial charge in [0, 0.05) is 46.3 Å². The smallest absolute Gasteiger partial charge is 0.258 e. The zero-order chi connectivity index (χ0) is 19.6. The molecule has 1 aromatic carbocycles. The molecule has 8 heteroatoms. The van der Waals surface area contributed by atoms with Gasteiger partial charge in [0.2, 0.25) is 0 Å². The number of carbonyl (C=O) groups excluding carboxylic acids is 1. The average molecular weight is 390 g/mol. The molecule has 0 aliphatic rings. The molecule has 1 amide bonds. The minimum Gasteiger partial charge on any atom is -0.484 e. The van der Waals surface area contributed by atoms with Crippen LogP contribution < -0.4 is 10.1 Å². The number of hydrogen-bond donors (Lipinski definition) is 1. The van der Waals surface area contributed by atoms with Gasteiger partial charge in [0.25, 0.3) is 5.91 Å². The summed E-state index contributed by atoms with van der Waals surface area (Å²) in [7, 11) is 6.19. The molecule has 0 aromatic heterocycles. The van der Waals surface area contributed by atoms with Gasteiger partial charge < -0.3 is 29.0 Å². The van der Waals surface area contributed by atoms with E-state index in [4.69, 9.17) is 35.3 Å². The number of amides is 1. The average Bonchev–Trinajstić information content (AvgIpc) is 2.68. The molecule has 0 fully saturated rings. The van der Waals surface area contributed by atoms with Gasteiger partial charge >= 0.3 is 0 Å². The summed E-state index contributed by atoms with van der Waals surface area (Å²) < 4.78 is 27.1. The van der Waals surface area contributed by atoms with Gasteiger partial charge in [-0.25, -0.2) is 0 Å². The highest BCUT2D eigenvalue weighted by Crippen LogP contribution is 2.25. The summed E-state index contributed by atoms with van der Waals surface area (Å²) in [5.41, 5.74) is 0. The summed E-state index contributed by atoms with van der Waals surface area (Å²) >= 11 is 5.81. The molecule has 0 bridgehead atoms. The molecule has 0 radical (unpaired) electrons. The van der Waals surface area contributed by atoms with Gasteiger partial charge in [0.05, 0.1) is 6.54 Å². The molecular formula is C18H28ClNO6. The highest BCUT2D eigenvalue weighted by molar-refractivity contribution is 6.30. The van der Waals surface area contributed by atoms with E-state index in [1.54, 1.807) is 38.5 Å². The van der Waals surface area contributed by atoms with Crippen molar-refractivity contribution in [2.45, 2.75) is 31.3 Å². The summed E-state index contributed by atoms with van der Waals surface area (Å²) in [4.78, 5) is 12.1. The van der Waals surface area contributed by atoms with Crippen molar-refractivity contribution in [3.8, 4) is 5.75 Å². The number of ether oxygens (including phenoxy) is 5. The third-order valence-electron chi connectivity index (χ3n) is 4.31. The van der Waals surface area contributed by atoms with Gasteiger partial charge in [-0.2, -0.15) is 0 Å². The van der Waals surface area contributed by atoms with Crippen LogP contribution in [0.4, 0.5) is 0 Å². The lowest BCUT2D eigenvalue weighted by Gasteiger charge is -2.35. The first kappa shape index (κ1) is 22.7. The molecule has 0 unspecified atom stereocenters. The normalized spacial score (nSPS) is 12.1. The summed E-state index contributed by atoms with van der Waals surface area (Å²) in [6.07, 6.45) is 0.968. The van der Waals surface area contributed by atoms with Gasteiger partial charge in [-0.3, -0.25) is 4.79 Å². The summed E-state index contributed by atoms with van der Waals surface area (Å²) in [5, 5.41) is 3.36. The number of hydrogen-bond acceptors (Lipinski definition) is 6. The Morgan fingerprint density at radius 1 is 1.00 bits per heavy atom. The van der Waals surface area contributed by atoms with Crippen LogP contribution in [0.5, 0.6) is 5.75 Å². The van der Waals surface area contributed by atoms with Gasteiger partial charge in [0.15, 0.2) is 18.2 Å². The number of methoxy groups -OCH3 is 4. The Bertz CT molecular complexity index is 543. The Hall–Kier alpha value is -1.38. The zero-order valence-corrected chi connectivity index (χ0v) is 16.7. The van der Waals surface area contributed by atoms with E-state index in [2.05, 4.69) is 5.32 Å². The van der Waals surface area contributed by atoms with Crippen LogP contribution in [0.15, 0.2) is 24.3 Å². The quantitative estimate of drug-likeness (QED) is 0.554. The van der Waals surface area contributed by atoms with Gasteiger partial charge in [0.1, 0.15) is 5.75 Å². The third kappa shape index (κ3) is 7.09. The number of carbonyl (C=O) groups is 1. The second-order valence-electron chi connectivity index (χ2n) is 5.88. The molecule has 0 saturated carbocycles. The first-order valence-electron chi connectivity index (χ1n) is 8.17. The van der Waals surface area contributed by atoms with Gasteiger partial charge in [-0.05, 0) is 31.2 Å². The van der Waals surface area contributed by atoms with Crippen LogP contribution in [0.2, 0.25) is 5.02 Å². The second kappa shape index (κ2) is 10.7. The summed E-state index contributed by atoms with van der Waals surface area (Å²) in [6, 6.07) is 6.78. The van der Waals surface area contributed by atoms with Crippen LogP contribution in [0, 0.1) is 0 Å². The minimum atomic E-state index is -0.992. The molecule has 1 rings (SSSR count). The van der Waals surface area contributed by atoms with E-state index in [1.165, 1.54) is 14.2 Å². The van der Waals surface area contributed by atoms with E-state index >= 15 is 0 Å². The molecule has 0 saturated heterocycles. The molecule has 0 aliphatic heterocycles. The molecular weight excluding hydrogens is 362 g/mol. The van der Waals surface area contributed by atoms with Crippen LogP contribution >= 0.6 is 11.6 Å². The zero-order valence-electron chi connectivity index (χ0n) is 16.0. The topological polar surface area (TPSA) is 75.3 Å². The molecule has 0 spiro atoms. The van der Waals surface area contributed by atoms with Crippen molar-refractivity contribution in [2.75, 3.05) is 41.6 Å². The highest BCUT2D eigenvalue weighted by Gasteiger charge is 2.34. The van der Waals surface area contributed by atoms with E-state index in [0.717, 1.165) is 0 Å². The lowest BCUT2D eigenvalue weighted by atomic mass is 10.0. The summed E-state index contributed by atoms with van der Waals surface area (Å²) in [6.45, 7) is 1.85. The monoisotopic (exact) mass is 389 g/mol. The maximum Gasteiger partial charge on any atom is 0.258 e. The molecule has 7 nitrogen and oxygen atoms in total. The van der Waals surface area contributed by atoms with Crippen molar-refractivity contribution in [1.82, 2.24) is 5.32 Å². The predicted octanol–water partition coefficient (Wildman–Crippen LogP) is 2.61. The maximum atomic E-state index is 12.1. The molecule has 0 heterocycles. The van der Waals surface area contributed by atoms with E-state index in [-0.39, 0.29) is 19.1 Å². The lowest BCUT2D eigenvalue weighted by Crippen LogP contribution is -2.48. The van der Waals surface area contributed by atoms with Crippen molar-refractivity contribution in [2.24, 2.45) is 0 Å². The molecule has 1 N–H and O–H groups in total. The Morgan fingerprint density at radius 2 is 1.58 bits per heavy atom. The van der Waals surface area contributed by atoms with Crippen LogP contribution in [0.3, 0.4) is 0 Å². The fraction of sp³-hybridized carbons (Fsp3) is 0.611. The number of halogens is 1. The van der Waals surface area contributed by atoms with Crippen molar-refractivity contribution in [1.29, 1.82) is 0 Å². The molecule has 26 heavy (non-hydrogen) atoms. The molecule has 1 aromatic rings. The fourth-order valence-corrected chi connectivity index (χ4v) is 2.32. The van der Waals surface area contributed by atoms with Crippen LogP contribution in [0.25, 0.3) is 0 Å². The van der Waals surface area contributed by atoms with Gasteiger partial charge in [-0.15, -0.1) is 0 Å².